The molecular formula is C27H29N3O4. The van der Waals surface area contributed by atoms with E-state index in [0.29, 0.717) is 19.6 Å². The average Bonchev–Trinajstić information content (AvgIpc) is 3.47. The Morgan fingerprint density at radius 1 is 1.12 bits per heavy atom. The number of pyridine rings is 1. The Bertz CT molecular complexity index is 1170. The Kier molecular flexibility index (Phi) is 6.25. The molecule has 7 heteroatoms. The number of nitrogens with one attached hydrogen (secondary N) is 1. The van der Waals surface area contributed by atoms with Gasteiger partial charge in [-0.15, -0.1) is 0 Å². The molecule has 3 heterocycles. The zero-order valence-electron chi connectivity index (χ0n) is 19.5. The number of esters is 1. The zero-order chi connectivity index (χ0) is 23.5. The van der Waals surface area contributed by atoms with Crippen molar-refractivity contribution < 1.29 is 19.0 Å². The lowest BCUT2D eigenvalue weighted by molar-refractivity contribution is -0.141. The second-order valence-corrected chi connectivity index (χ2v) is 8.58. The minimum Gasteiger partial charge on any atom is -0.493 e. The molecule has 0 saturated heterocycles. The topological polar surface area (TPSA) is 72.9 Å². The van der Waals surface area contributed by atoms with E-state index in [1.54, 1.807) is 0 Å². The summed E-state index contributed by atoms with van der Waals surface area (Å²) >= 11 is 0. The Balaban J connectivity index is 1.37. The Hall–Kier alpha value is -3.74. The van der Waals surface area contributed by atoms with E-state index < -0.39 is 0 Å². The molecule has 0 fully saturated rings. The highest BCUT2D eigenvalue weighted by molar-refractivity contribution is 5.72. The van der Waals surface area contributed by atoms with Crippen molar-refractivity contribution in [3.63, 3.8) is 0 Å². The summed E-state index contributed by atoms with van der Waals surface area (Å²) in [6.07, 6.45) is 3.14. The second-order valence-electron chi connectivity index (χ2n) is 8.58. The van der Waals surface area contributed by atoms with E-state index in [4.69, 9.17) is 14.2 Å². The van der Waals surface area contributed by atoms with Crippen molar-refractivity contribution in [1.29, 1.82) is 0 Å². The molecule has 1 N–H and O–H groups in total. The molecule has 1 aromatic heterocycles. The number of para-hydroxylation sites is 1. The number of nitrogens with zero attached hydrogens (tertiary/aromatic N) is 2. The lowest BCUT2D eigenvalue weighted by Crippen LogP contribution is -2.19. The molecule has 0 bridgehead atoms. The summed E-state index contributed by atoms with van der Waals surface area (Å²) in [5.41, 5.74) is 4.16. The number of hydrogen-bond donors (Lipinski definition) is 1. The van der Waals surface area contributed by atoms with Gasteiger partial charge in [0.05, 0.1) is 31.9 Å². The van der Waals surface area contributed by atoms with Gasteiger partial charge < -0.3 is 24.4 Å². The van der Waals surface area contributed by atoms with Crippen LogP contribution in [0.1, 0.15) is 42.9 Å². The number of benzene rings is 2. The third kappa shape index (κ3) is 4.25. The second kappa shape index (κ2) is 9.63. The van der Waals surface area contributed by atoms with Crippen LogP contribution in [0.5, 0.6) is 11.5 Å². The van der Waals surface area contributed by atoms with Crippen LogP contribution >= 0.6 is 0 Å². The lowest BCUT2D eigenvalue weighted by Gasteiger charge is -2.25. The first-order chi connectivity index (χ1) is 16.7. The number of aromatic nitrogens is 1. The van der Waals surface area contributed by atoms with E-state index in [9.17, 15) is 4.79 Å². The molecule has 0 saturated carbocycles. The molecule has 0 amide bonds. The summed E-state index contributed by atoms with van der Waals surface area (Å²) in [5, 5.41) is 3.60. The van der Waals surface area contributed by atoms with Crippen LogP contribution in [0.15, 0.2) is 60.8 Å². The number of hydrogen-bond acceptors (Lipinski definition) is 7. The maximum Gasteiger partial charge on any atom is 0.306 e. The van der Waals surface area contributed by atoms with Crippen LogP contribution in [0, 0.1) is 0 Å². The van der Waals surface area contributed by atoms with E-state index in [0.717, 1.165) is 52.8 Å². The largest absolute Gasteiger partial charge is 0.493 e. The molecule has 2 aliphatic rings. The summed E-state index contributed by atoms with van der Waals surface area (Å²) in [4.78, 5) is 18.5. The number of carbonyl (C=O) groups is 1. The predicted molar refractivity (Wildman–Crippen MR) is 131 cm³/mol. The normalized spacial score (nSPS) is 17.8. The van der Waals surface area contributed by atoms with Crippen molar-refractivity contribution in [3.05, 3.63) is 71.9 Å². The highest BCUT2D eigenvalue weighted by Gasteiger charge is 2.30. The summed E-state index contributed by atoms with van der Waals surface area (Å²) in [7, 11) is 1.41. The molecule has 2 aromatic carbocycles. The molecule has 0 aliphatic carbocycles. The van der Waals surface area contributed by atoms with Crippen LogP contribution in [0.2, 0.25) is 0 Å². The first-order valence-corrected chi connectivity index (χ1v) is 11.7. The van der Waals surface area contributed by atoms with Gasteiger partial charge in [0.15, 0.2) is 0 Å². The Labute approximate surface area is 199 Å². The fourth-order valence-corrected chi connectivity index (χ4v) is 4.68. The lowest BCUT2D eigenvalue weighted by atomic mass is 9.97. The Morgan fingerprint density at radius 2 is 2.03 bits per heavy atom. The number of rotatable bonds is 8. The summed E-state index contributed by atoms with van der Waals surface area (Å²) in [6.45, 7) is 4.05. The van der Waals surface area contributed by atoms with Gasteiger partial charge in [0.1, 0.15) is 23.9 Å². The monoisotopic (exact) mass is 459 g/mol. The quantitative estimate of drug-likeness (QED) is 0.463. The van der Waals surface area contributed by atoms with Crippen LogP contribution in [0.4, 0.5) is 17.2 Å². The van der Waals surface area contributed by atoms with E-state index in [2.05, 4.69) is 40.3 Å². The summed E-state index contributed by atoms with van der Waals surface area (Å²) < 4.78 is 16.9. The molecule has 5 rings (SSSR count). The van der Waals surface area contributed by atoms with Gasteiger partial charge in [-0.3, -0.25) is 4.79 Å². The average molecular weight is 460 g/mol. The molecule has 3 aromatic rings. The molecule has 0 spiro atoms. The van der Waals surface area contributed by atoms with E-state index in [1.165, 1.54) is 7.11 Å². The van der Waals surface area contributed by atoms with Crippen molar-refractivity contribution in [2.75, 3.05) is 37.1 Å². The highest BCUT2D eigenvalue weighted by atomic mass is 16.5. The minimum absolute atomic E-state index is 0.0208. The fourth-order valence-electron chi connectivity index (χ4n) is 4.68. The van der Waals surface area contributed by atoms with Gasteiger partial charge in [0.2, 0.25) is 0 Å². The molecule has 2 atom stereocenters. The van der Waals surface area contributed by atoms with E-state index >= 15 is 0 Å². The smallest absolute Gasteiger partial charge is 0.306 e. The van der Waals surface area contributed by atoms with Gasteiger partial charge in [-0.2, -0.15) is 0 Å². The van der Waals surface area contributed by atoms with Crippen LogP contribution in [0.25, 0.3) is 0 Å². The van der Waals surface area contributed by atoms with E-state index in [1.807, 2.05) is 42.6 Å². The van der Waals surface area contributed by atoms with Crippen molar-refractivity contribution in [3.8, 4) is 11.5 Å². The Morgan fingerprint density at radius 3 is 2.82 bits per heavy atom. The third-order valence-electron chi connectivity index (χ3n) is 6.33. The van der Waals surface area contributed by atoms with Crippen molar-refractivity contribution in [2.24, 2.45) is 0 Å². The van der Waals surface area contributed by atoms with Gasteiger partial charge in [-0.1, -0.05) is 31.2 Å². The van der Waals surface area contributed by atoms with E-state index in [-0.39, 0.29) is 17.9 Å². The van der Waals surface area contributed by atoms with Gasteiger partial charge in [0.25, 0.3) is 0 Å². The molecule has 0 radical (unpaired) electrons. The molecule has 176 valence electrons. The van der Waals surface area contributed by atoms with Gasteiger partial charge in [0, 0.05) is 41.5 Å². The van der Waals surface area contributed by atoms with Crippen molar-refractivity contribution in [1.82, 2.24) is 4.98 Å². The fraction of sp³-hybridized carbons (Fsp3) is 0.333. The number of carbonyl (C=O) groups excluding carboxylic acids is 1. The van der Waals surface area contributed by atoms with Gasteiger partial charge in [-0.05, 0) is 30.7 Å². The van der Waals surface area contributed by atoms with Crippen LogP contribution in [0.3, 0.4) is 0 Å². The molecule has 2 unspecified atom stereocenters. The molecular weight excluding hydrogens is 430 g/mol. The number of ether oxygens (including phenoxy) is 3. The standard InChI is InChI=1S/C27H29N3O4/c1-3-13-30(25-9-4-5-12-28-25)23-8-6-7-21-22(17-34-27(21)23)29-19-10-11-20-18(14-26(31)32-2)16-33-24(20)15-19/h4-12,15,18,22,29H,3,13-14,16-17H2,1-2H3. The zero-order valence-corrected chi connectivity index (χ0v) is 19.5. The number of fused-ring (bicyclic) bond motifs is 2. The van der Waals surface area contributed by atoms with Crippen LogP contribution in [-0.2, 0) is 9.53 Å². The minimum atomic E-state index is -0.220. The van der Waals surface area contributed by atoms with Gasteiger partial charge >= 0.3 is 5.97 Å². The first kappa shape index (κ1) is 22.1. The number of anilines is 3. The SMILES string of the molecule is CCCN(c1ccccn1)c1cccc2c1OCC2Nc1ccc2c(c1)OCC2CC(=O)OC. The summed E-state index contributed by atoms with van der Waals surface area (Å²) in [6, 6.07) is 18.3. The first-order valence-electron chi connectivity index (χ1n) is 11.7. The third-order valence-corrected chi connectivity index (χ3v) is 6.33. The van der Waals surface area contributed by atoms with Crippen molar-refractivity contribution in [2.45, 2.75) is 31.7 Å². The highest BCUT2D eigenvalue weighted by Crippen LogP contribution is 2.44. The molecule has 34 heavy (non-hydrogen) atoms. The maximum atomic E-state index is 11.7. The van der Waals surface area contributed by atoms with Crippen molar-refractivity contribution >= 4 is 23.2 Å². The maximum absolute atomic E-state index is 11.7. The number of methoxy groups -OCH3 is 1. The van der Waals surface area contributed by atoms with Crippen LogP contribution in [-0.4, -0.2) is 37.8 Å². The molecule has 7 nitrogen and oxygen atoms in total. The van der Waals surface area contributed by atoms with Crippen LogP contribution < -0.4 is 19.7 Å². The summed E-state index contributed by atoms with van der Waals surface area (Å²) in [5.74, 6) is 2.44. The molecule has 2 aliphatic heterocycles. The predicted octanol–water partition coefficient (Wildman–Crippen LogP) is 5.21. The van der Waals surface area contributed by atoms with Gasteiger partial charge in [-0.25, -0.2) is 4.98 Å².